The molecule has 0 spiro atoms. The summed E-state index contributed by atoms with van der Waals surface area (Å²) in [6, 6.07) is 63.7. The predicted octanol–water partition coefficient (Wildman–Crippen LogP) is 16.2. The first-order valence-corrected chi connectivity index (χ1v) is 21.3. The van der Waals surface area contributed by atoms with Crippen molar-refractivity contribution in [3.8, 4) is 33.8 Å². The van der Waals surface area contributed by atoms with Gasteiger partial charge < -0.3 is 10.2 Å². The van der Waals surface area contributed by atoms with Crippen molar-refractivity contribution in [2.45, 2.75) is 59.8 Å². The van der Waals surface area contributed by atoms with Crippen LogP contribution in [0.1, 0.15) is 82.3 Å². The number of aromatic hydroxyl groups is 2. The molecule has 0 heterocycles. The van der Waals surface area contributed by atoms with E-state index in [1.807, 2.05) is 52.0 Å². The van der Waals surface area contributed by atoms with Crippen LogP contribution in [0.25, 0.3) is 54.6 Å². The van der Waals surface area contributed by atoms with E-state index in [9.17, 15) is 10.2 Å². The smallest absolute Gasteiger partial charge is 0.116 e. The van der Waals surface area contributed by atoms with Gasteiger partial charge in [-0.2, -0.15) is 0 Å². The van der Waals surface area contributed by atoms with E-state index < -0.39 is 5.41 Å². The van der Waals surface area contributed by atoms with Crippen molar-refractivity contribution in [3.05, 3.63) is 228 Å². The van der Waals surface area contributed by atoms with Crippen LogP contribution in [0, 0.1) is 0 Å². The van der Waals surface area contributed by atoms with Crippen LogP contribution < -0.4 is 0 Å². The van der Waals surface area contributed by atoms with Crippen molar-refractivity contribution >= 4 is 32.3 Å². The summed E-state index contributed by atoms with van der Waals surface area (Å²) in [5, 5.41) is 26.8. The van der Waals surface area contributed by atoms with Gasteiger partial charge in [-0.25, -0.2) is 0 Å². The molecule has 0 aliphatic heterocycles. The molecule has 2 heteroatoms. The number of hydrogen-bond acceptors (Lipinski definition) is 2. The number of phenolic OH excluding ortho intramolecular Hbond substituents is 2. The average Bonchev–Trinajstić information content (AvgIpc) is 3.73. The third-order valence-corrected chi connectivity index (χ3v) is 12.2. The zero-order chi connectivity index (χ0) is 42.0. The Morgan fingerprint density at radius 2 is 0.754 bits per heavy atom. The molecule has 304 valence electrons. The number of benzene rings is 9. The topological polar surface area (TPSA) is 40.5 Å². The van der Waals surface area contributed by atoms with Gasteiger partial charge in [-0.1, -0.05) is 181 Å². The third-order valence-electron chi connectivity index (χ3n) is 12.2. The molecule has 2 nitrogen and oxygen atoms in total. The molecule has 11 rings (SSSR count). The predicted molar refractivity (Wildman–Crippen MR) is 262 cm³/mol. The lowest BCUT2D eigenvalue weighted by Crippen LogP contribution is -2.28. The Bertz CT molecular complexity index is 2910. The normalized spacial score (nSPS) is 14.9. The summed E-state index contributed by atoms with van der Waals surface area (Å²) in [5.41, 5.74) is 12.5. The van der Waals surface area contributed by atoms with Crippen LogP contribution in [-0.4, -0.2) is 10.2 Å². The maximum atomic E-state index is 10.0. The highest BCUT2D eigenvalue weighted by Gasteiger charge is 2.46. The second kappa shape index (κ2) is 17.4. The van der Waals surface area contributed by atoms with Gasteiger partial charge in [0.25, 0.3) is 0 Å². The lowest BCUT2D eigenvalue weighted by atomic mass is 9.67. The highest BCUT2D eigenvalue weighted by atomic mass is 16.3. The van der Waals surface area contributed by atoms with Crippen LogP contribution in [0.5, 0.6) is 11.5 Å². The molecule has 0 aromatic heterocycles. The van der Waals surface area contributed by atoms with Crippen LogP contribution >= 0.6 is 0 Å². The van der Waals surface area contributed by atoms with Gasteiger partial charge in [-0.05, 0) is 150 Å². The first-order valence-electron chi connectivity index (χ1n) is 21.3. The Kier molecular flexibility index (Phi) is 12.0. The molecule has 0 saturated heterocycles. The molecule has 0 bridgehead atoms. The standard InChI is InChI=1S/C33H22O2.C21H18.2C2H6.CH4/c34-27-15-11-21-17-25(13-9-23(21)19-27)33(26-14-10-24-20-28(35)16-12-22(24)18-26)31-7-3-1-5-29(31)30-6-2-4-8-32(30)33;1-3-12-21(2)19-11-7-6-10-17(19)18-13-15-8-4-5-9-16(15)14-20(18)21;2*1-2;/h1-20,34-35H;3-14H,1-2H3;2*1-2H3;1H4/b;12-3+;;;. The second-order valence-corrected chi connectivity index (χ2v) is 15.3. The number of allylic oxidation sites excluding steroid dienone is 2. The maximum absolute atomic E-state index is 10.0. The zero-order valence-corrected chi connectivity index (χ0v) is 35.4. The molecule has 2 N–H and O–H groups in total. The molecule has 0 fully saturated rings. The lowest BCUT2D eigenvalue weighted by molar-refractivity contribution is 0.475. The largest absolute Gasteiger partial charge is 0.508 e. The molecule has 0 saturated carbocycles. The molecule has 9 aromatic rings. The van der Waals surface area contributed by atoms with Crippen molar-refractivity contribution in [1.82, 2.24) is 0 Å². The highest BCUT2D eigenvalue weighted by Crippen LogP contribution is 2.57. The van der Waals surface area contributed by atoms with Gasteiger partial charge in [0.15, 0.2) is 0 Å². The first kappa shape index (κ1) is 42.2. The molecule has 61 heavy (non-hydrogen) atoms. The van der Waals surface area contributed by atoms with Gasteiger partial charge in [-0.3, -0.25) is 0 Å². The molecule has 1 unspecified atom stereocenters. The second-order valence-electron chi connectivity index (χ2n) is 15.3. The van der Waals surface area contributed by atoms with E-state index in [4.69, 9.17) is 0 Å². The van der Waals surface area contributed by atoms with Crippen molar-refractivity contribution in [1.29, 1.82) is 0 Å². The summed E-state index contributed by atoms with van der Waals surface area (Å²) in [4.78, 5) is 0. The van der Waals surface area contributed by atoms with Gasteiger partial charge in [0.05, 0.1) is 5.41 Å². The van der Waals surface area contributed by atoms with E-state index in [0.717, 1.165) is 21.5 Å². The molecule has 1 atom stereocenters. The molecule has 2 aliphatic rings. The van der Waals surface area contributed by atoms with E-state index in [2.05, 4.69) is 172 Å². The average molecular weight is 797 g/mol. The van der Waals surface area contributed by atoms with Crippen LogP contribution in [0.15, 0.2) is 194 Å². The van der Waals surface area contributed by atoms with Gasteiger partial charge in [0.2, 0.25) is 0 Å². The molecule has 0 radical (unpaired) electrons. The number of rotatable bonds is 3. The summed E-state index contributed by atoms with van der Waals surface area (Å²) in [5.74, 6) is 0.545. The van der Waals surface area contributed by atoms with Crippen LogP contribution in [0.4, 0.5) is 0 Å². The summed E-state index contributed by atoms with van der Waals surface area (Å²) in [6.07, 6.45) is 4.49. The Hall–Kier alpha value is -6.90. The summed E-state index contributed by atoms with van der Waals surface area (Å²) in [7, 11) is 0. The van der Waals surface area contributed by atoms with Crippen LogP contribution in [0.3, 0.4) is 0 Å². The monoisotopic (exact) mass is 796 g/mol. The Balaban J connectivity index is 0.000000185. The minimum absolute atomic E-state index is 0. The minimum Gasteiger partial charge on any atom is -0.508 e. The molecular formula is C59H56O2. The van der Waals surface area contributed by atoms with Gasteiger partial charge >= 0.3 is 0 Å². The number of phenols is 2. The van der Waals surface area contributed by atoms with E-state index in [-0.39, 0.29) is 24.3 Å². The first-order chi connectivity index (χ1) is 29.4. The minimum atomic E-state index is -0.495. The quantitative estimate of drug-likeness (QED) is 0.175. The molecule has 2 aliphatic carbocycles. The Morgan fingerprint density at radius 1 is 0.377 bits per heavy atom. The van der Waals surface area contributed by atoms with E-state index >= 15 is 0 Å². The fourth-order valence-corrected chi connectivity index (χ4v) is 9.68. The molecular weight excluding hydrogens is 741 g/mol. The zero-order valence-electron chi connectivity index (χ0n) is 35.4. The van der Waals surface area contributed by atoms with E-state index in [1.165, 1.54) is 66.4 Å². The summed E-state index contributed by atoms with van der Waals surface area (Å²) < 4.78 is 0. The van der Waals surface area contributed by atoms with Crippen molar-refractivity contribution < 1.29 is 10.2 Å². The van der Waals surface area contributed by atoms with Gasteiger partial charge in [-0.15, -0.1) is 0 Å². The highest BCUT2D eigenvalue weighted by molar-refractivity contribution is 5.95. The fourth-order valence-electron chi connectivity index (χ4n) is 9.68. The summed E-state index contributed by atoms with van der Waals surface area (Å²) >= 11 is 0. The van der Waals surface area contributed by atoms with Crippen molar-refractivity contribution in [2.24, 2.45) is 0 Å². The van der Waals surface area contributed by atoms with Crippen molar-refractivity contribution in [3.63, 3.8) is 0 Å². The van der Waals surface area contributed by atoms with Crippen molar-refractivity contribution in [2.75, 3.05) is 0 Å². The molecule has 9 aromatic carbocycles. The Labute approximate surface area is 362 Å². The van der Waals surface area contributed by atoms with E-state index in [0.29, 0.717) is 0 Å². The SMILES string of the molecule is C.C/C=C/C1(C)c2ccccc2-c2cc3ccccc3cc21.CC.CC.Oc1ccc2cc(C3(c4ccc5cc(O)ccc5c4)c4ccccc4-c4ccccc43)ccc2c1. The van der Waals surface area contributed by atoms with Crippen LogP contribution in [-0.2, 0) is 10.8 Å². The van der Waals surface area contributed by atoms with Gasteiger partial charge in [0, 0.05) is 5.41 Å². The molecule has 0 amide bonds. The van der Waals surface area contributed by atoms with E-state index in [1.54, 1.807) is 12.1 Å². The number of hydrogen-bond donors (Lipinski definition) is 2. The third kappa shape index (κ3) is 6.96. The fraction of sp³-hybridized carbons (Fsp3) is 0.153. The maximum Gasteiger partial charge on any atom is 0.116 e. The Morgan fingerprint density at radius 3 is 1.25 bits per heavy atom. The number of fused-ring (bicyclic) bond motifs is 9. The lowest BCUT2D eigenvalue weighted by Gasteiger charge is -2.34. The van der Waals surface area contributed by atoms with Crippen LogP contribution in [0.2, 0.25) is 0 Å². The van der Waals surface area contributed by atoms with Gasteiger partial charge in [0.1, 0.15) is 11.5 Å². The summed E-state index contributed by atoms with van der Waals surface area (Å²) in [6.45, 7) is 12.4.